The minimum absolute atomic E-state index is 0.0472. The van der Waals surface area contributed by atoms with Crippen molar-refractivity contribution in [3.63, 3.8) is 0 Å². The van der Waals surface area contributed by atoms with Crippen molar-refractivity contribution in [1.29, 1.82) is 0 Å². The molecule has 8 nitrogen and oxygen atoms in total. The summed E-state index contributed by atoms with van der Waals surface area (Å²) >= 11 is 0. The van der Waals surface area contributed by atoms with Crippen LogP contribution in [0.25, 0.3) is 0 Å². The van der Waals surface area contributed by atoms with Crippen molar-refractivity contribution in [2.75, 3.05) is 16.8 Å². The molecule has 1 aromatic carbocycles. The SMILES string of the molecule is Cc1nn(CCC(=O)O)c(C)c1NC(=O)CN1C(=O)CCc2ccccc21. The first-order valence-electron chi connectivity index (χ1n) is 8.80. The predicted octanol–water partition coefficient (Wildman–Crippen LogP) is 1.89. The van der Waals surface area contributed by atoms with Gasteiger partial charge in [-0.1, -0.05) is 18.2 Å². The highest BCUT2D eigenvalue weighted by molar-refractivity contribution is 6.04. The fourth-order valence-corrected chi connectivity index (χ4v) is 3.29. The fourth-order valence-electron chi connectivity index (χ4n) is 3.29. The van der Waals surface area contributed by atoms with Gasteiger partial charge in [0.05, 0.1) is 30.0 Å². The minimum Gasteiger partial charge on any atom is -0.481 e. The third-order valence-corrected chi connectivity index (χ3v) is 4.68. The van der Waals surface area contributed by atoms with Crippen LogP contribution in [0.15, 0.2) is 24.3 Å². The number of fused-ring (bicyclic) bond motifs is 1. The predicted molar refractivity (Wildman–Crippen MR) is 99.7 cm³/mol. The van der Waals surface area contributed by atoms with Gasteiger partial charge < -0.3 is 15.3 Å². The molecule has 3 rings (SSSR count). The number of aliphatic carboxylic acids is 1. The van der Waals surface area contributed by atoms with E-state index in [-0.39, 0.29) is 31.3 Å². The maximum Gasteiger partial charge on any atom is 0.305 e. The molecule has 142 valence electrons. The molecule has 0 spiro atoms. The first kappa shape index (κ1) is 18.6. The molecule has 2 aromatic rings. The maximum absolute atomic E-state index is 12.6. The third-order valence-electron chi connectivity index (χ3n) is 4.68. The summed E-state index contributed by atoms with van der Waals surface area (Å²) < 4.78 is 1.57. The number of anilines is 2. The standard InChI is InChI=1S/C19H22N4O4/c1-12-19(13(2)23(21-12)10-9-18(26)27)20-16(24)11-22-15-6-4-3-5-14(15)7-8-17(22)25/h3-6H,7-11H2,1-2H3,(H,20,24)(H,26,27). The van der Waals surface area contributed by atoms with Gasteiger partial charge in [0.2, 0.25) is 11.8 Å². The van der Waals surface area contributed by atoms with Crippen LogP contribution in [0.1, 0.15) is 29.8 Å². The molecule has 2 amide bonds. The lowest BCUT2D eigenvalue weighted by molar-refractivity contribution is -0.137. The number of aryl methyl sites for hydroxylation is 3. The number of benzene rings is 1. The van der Waals surface area contributed by atoms with Crippen LogP contribution in [0.3, 0.4) is 0 Å². The smallest absolute Gasteiger partial charge is 0.305 e. The van der Waals surface area contributed by atoms with Gasteiger partial charge in [0.25, 0.3) is 0 Å². The Hall–Kier alpha value is -3.16. The maximum atomic E-state index is 12.6. The van der Waals surface area contributed by atoms with Crippen molar-refractivity contribution in [3.8, 4) is 0 Å². The van der Waals surface area contributed by atoms with Gasteiger partial charge in [-0.3, -0.25) is 19.1 Å². The molecule has 8 heteroatoms. The number of hydrogen-bond acceptors (Lipinski definition) is 4. The molecular weight excluding hydrogens is 348 g/mol. The van der Waals surface area contributed by atoms with E-state index in [0.29, 0.717) is 29.9 Å². The van der Waals surface area contributed by atoms with E-state index in [1.54, 1.807) is 18.5 Å². The van der Waals surface area contributed by atoms with Crippen LogP contribution in [0.4, 0.5) is 11.4 Å². The van der Waals surface area contributed by atoms with Crippen LogP contribution in [-0.2, 0) is 27.3 Å². The van der Waals surface area contributed by atoms with E-state index < -0.39 is 5.97 Å². The highest BCUT2D eigenvalue weighted by Crippen LogP contribution is 2.27. The number of nitrogens with zero attached hydrogens (tertiary/aromatic N) is 3. The number of nitrogens with one attached hydrogen (secondary N) is 1. The summed E-state index contributed by atoms with van der Waals surface area (Å²) in [6.45, 7) is 3.69. The number of carboxylic acids is 1. The Morgan fingerprint density at radius 1 is 1.22 bits per heavy atom. The lowest BCUT2D eigenvalue weighted by Crippen LogP contribution is -2.41. The summed E-state index contributed by atoms with van der Waals surface area (Å²) in [6, 6.07) is 7.59. The molecule has 27 heavy (non-hydrogen) atoms. The molecule has 1 aliphatic rings. The number of rotatable bonds is 6. The molecule has 0 unspecified atom stereocenters. The average Bonchev–Trinajstić information content (AvgIpc) is 2.90. The number of carboxylic acid groups (broad SMARTS) is 1. The topological polar surface area (TPSA) is 105 Å². The van der Waals surface area contributed by atoms with Gasteiger partial charge in [-0.2, -0.15) is 5.10 Å². The van der Waals surface area contributed by atoms with E-state index in [1.807, 2.05) is 24.3 Å². The van der Waals surface area contributed by atoms with Crippen molar-refractivity contribution in [2.45, 2.75) is 39.7 Å². The second-order valence-electron chi connectivity index (χ2n) is 6.57. The van der Waals surface area contributed by atoms with Crippen LogP contribution in [0.5, 0.6) is 0 Å². The fraction of sp³-hybridized carbons (Fsp3) is 0.368. The highest BCUT2D eigenvalue weighted by atomic mass is 16.4. The number of amides is 2. The zero-order chi connectivity index (χ0) is 19.6. The first-order chi connectivity index (χ1) is 12.9. The van der Waals surface area contributed by atoms with Gasteiger partial charge in [-0.15, -0.1) is 0 Å². The van der Waals surface area contributed by atoms with Crippen molar-refractivity contribution >= 4 is 29.2 Å². The average molecular weight is 370 g/mol. The van der Waals surface area contributed by atoms with Gasteiger partial charge in [-0.25, -0.2) is 0 Å². The molecule has 0 bridgehead atoms. The Labute approximate surface area is 156 Å². The third kappa shape index (κ3) is 3.99. The quantitative estimate of drug-likeness (QED) is 0.808. The summed E-state index contributed by atoms with van der Waals surface area (Å²) in [5.74, 6) is -1.30. The normalized spacial score (nSPS) is 13.4. The van der Waals surface area contributed by atoms with E-state index in [9.17, 15) is 14.4 Å². The molecule has 1 aromatic heterocycles. The van der Waals surface area contributed by atoms with Crippen LogP contribution < -0.4 is 10.2 Å². The second kappa shape index (κ2) is 7.61. The minimum atomic E-state index is -0.907. The number of carbonyl (C=O) groups is 3. The van der Waals surface area contributed by atoms with Gasteiger partial charge in [-0.05, 0) is 31.9 Å². The van der Waals surface area contributed by atoms with Crippen LogP contribution in [-0.4, -0.2) is 39.2 Å². The van der Waals surface area contributed by atoms with E-state index in [1.165, 1.54) is 4.90 Å². The van der Waals surface area contributed by atoms with E-state index in [0.717, 1.165) is 11.3 Å². The number of para-hydroxylation sites is 1. The van der Waals surface area contributed by atoms with E-state index in [4.69, 9.17) is 5.11 Å². The van der Waals surface area contributed by atoms with Gasteiger partial charge in [0, 0.05) is 12.1 Å². The summed E-state index contributed by atoms with van der Waals surface area (Å²) in [7, 11) is 0. The molecule has 1 aliphatic heterocycles. The molecule has 2 heterocycles. The molecule has 0 fully saturated rings. The van der Waals surface area contributed by atoms with Crippen LogP contribution >= 0.6 is 0 Å². The molecule has 0 atom stereocenters. The van der Waals surface area contributed by atoms with E-state index >= 15 is 0 Å². The summed E-state index contributed by atoms with van der Waals surface area (Å²) in [5, 5.41) is 15.9. The molecule has 0 saturated heterocycles. The highest BCUT2D eigenvalue weighted by Gasteiger charge is 2.26. The monoisotopic (exact) mass is 370 g/mol. The van der Waals surface area contributed by atoms with Crippen molar-refractivity contribution in [2.24, 2.45) is 0 Å². The first-order valence-corrected chi connectivity index (χ1v) is 8.80. The van der Waals surface area contributed by atoms with Gasteiger partial charge >= 0.3 is 5.97 Å². The lowest BCUT2D eigenvalue weighted by atomic mass is 10.0. The van der Waals surface area contributed by atoms with Crippen molar-refractivity contribution in [3.05, 3.63) is 41.2 Å². The summed E-state index contributed by atoms with van der Waals surface area (Å²) in [4.78, 5) is 37.2. The molecule has 2 N–H and O–H groups in total. The summed E-state index contributed by atoms with van der Waals surface area (Å²) in [5.41, 5.74) is 3.68. The molecular formula is C19H22N4O4. The molecule has 0 radical (unpaired) electrons. The molecule has 0 aliphatic carbocycles. The Morgan fingerprint density at radius 2 is 1.96 bits per heavy atom. The number of hydrogen-bond donors (Lipinski definition) is 2. The Bertz CT molecular complexity index is 903. The zero-order valence-electron chi connectivity index (χ0n) is 15.4. The molecule has 0 saturated carbocycles. The second-order valence-corrected chi connectivity index (χ2v) is 6.57. The number of carbonyl (C=O) groups excluding carboxylic acids is 2. The Kier molecular flexibility index (Phi) is 5.25. The lowest BCUT2D eigenvalue weighted by Gasteiger charge is -2.28. The van der Waals surface area contributed by atoms with Gasteiger partial charge in [0.15, 0.2) is 0 Å². The van der Waals surface area contributed by atoms with Crippen molar-refractivity contribution in [1.82, 2.24) is 9.78 Å². The zero-order valence-corrected chi connectivity index (χ0v) is 15.4. The van der Waals surface area contributed by atoms with Crippen LogP contribution in [0, 0.1) is 13.8 Å². The number of aromatic nitrogens is 2. The largest absolute Gasteiger partial charge is 0.481 e. The van der Waals surface area contributed by atoms with Crippen LogP contribution in [0.2, 0.25) is 0 Å². The summed E-state index contributed by atoms with van der Waals surface area (Å²) in [6.07, 6.45) is 1.02. The van der Waals surface area contributed by atoms with Crippen molar-refractivity contribution < 1.29 is 19.5 Å². The Morgan fingerprint density at radius 3 is 2.70 bits per heavy atom. The van der Waals surface area contributed by atoms with Gasteiger partial charge in [0.1, 0.15) is 6.54 Å². The Balaban J connectivity index is 1.73. The van der Waals surface area contributed by atoms with E-state index in [2.05, 4.69) is 10.4 Å².